The summed E-state index contributed by atoms with van der Waals surface area (Å²) in [5.74, 6) is -2.28. The number of aryl methyl sites for hydroxylation is 2. The highest BCUT2D eigenvalue weighted by Crippen LogP contribution is 2.41. The van der Waals surface area contributed by atoms with E-state index in [0.29, 0.717) is 72.8 Å². The first-order chi connectivity index (χ1) is 36.6. The summed E-state index contributed by atoms with van der Waals surface area (Å²) >= 11 is 0. The second kappa shape index (κ2) is 22.9. The topological polar surface area (TPSA) is 188 Å². The maximum atomic E-state index is 14.6. The van der Waals surface area contributed by atoms with Gasteiger partial charge in [0.15, 0.2) is 0 Å². The molecule has 6 aromatic rings. The van der Waals surface area contributed by atoms with Crippen molar-refractivity contribution in [3.63, 3.8) is 0 Å². The third kappa shape index (κ3) is 10.6. The van der Waals surface area contributed by atoms with Crippen molar-refractivity contribution in [1.29, 1.82) is 0 Å². The van der Waals surface area contributed by atoms with Crippen molar-refractivity contribution in [2.24, 2.45) is 0 Å². The minimum absolute atomic E-state index is 0.0933. The number of nitrogens with zero attached hydrogens (tertiary/aromatic N) is 6. The highest BCUT2D eigenvalue weighted by molar-refractivity contribution is 5.85. The Balaban J connectivity index is 0.000000186. The van der Waals surface area contributed by atoms with E-state index in [1.807, 2.05) is 21.3 Å². The van der Waals surface area contributed by atoms with E-state index in [4.69, 9.17) is 28.9 Å². The van der Waals surface area contributed by atoms with Crippen molar-refractivity contribution in [3.8, 4) is 11.5 Å². The molecule has 4 heterocycles. The van der Waals surface area contributed by atoms with Crippen molar-refractivity contribution < 1.29 is 57.1 Å². The summed E-state index contributed by atoms with van der Waals surface area (Å²) in [6.45, 7) is 5.36. The lowest BCUT2D eigenvalue weighted by atomic mass is 9.88. The number of methoxy groups -OCH3 is 4. The van der Waals surface area contributed by atoms with Gasteiger partial charge in [0.25, 0.3) is 0 Å². The van der Waals surface area contributed by atoms with E-state index in [9.17, 15) is 38.2 Å². The fourth-order valence-corrected chi connectivity index (χ4v) is 12.0. The number of carbonyl (C=O) groups excluding carboxylic acids is 2. The van der Waals surface area contributed by atoms with Crippen LogP contribution in [0.1, 0.15) is 144 Å². The van der Waals surface area contributed by atoms with Crippen LogP contribution in [0.4, 0.5) is 18.4 Å². The SMILES string of the molecule is COC(=O)N1CCc2ccc3c(nc(C4CCCCC4)n3C[C@@H](C(=O)O)c3cc(F)c(C)cc3OC)c2C1.COC(=O)N1CCc2ccc3c(nc(C4CCCCC4)n3C[C@H](C(=O)O)c3cc(F)c(C)cc3OC)c2C1. The molecule has 2 aliphatic heterocycles. The van der Waals surface area contributed by atoms with E-state index in [1.54, 1.807) is 35.8 Å². The van der Waals surface area contributed by atoms with Crippen LogP contribution in [0, 0.1) is 25.5 Å². The van der Waals surface area contributed by atoms with Gasteiger partial charge in [0.2, 0.25) is 0 Å². The van der Waals surface area contributed by atoms with Gasteiger partial charge in [-0.2, -0.15) is 0 Å². The van der Waals surface area contributed by atoms with Gasteiger partial charge in [-0.15, -0.1) is 0 Å². The highest BCUT2D eigenvalue weighted by atomic mass is 19.1. The Morgan fingerprint density at radius 1 is 0.592 bits per heavy atom. The first-order valence-corrected chi connectivity index (χ1v) is 26.5. The molecule has 2 aliphatic carbocycles. The monoisotopic (exact) mass is 1050 g/mol. The van der Waals surface area contributed by atoms with Crippen LogP contribution in [0.25, 0.3) is 22.1 Å². The fraction of sp³-hybridized carbons (Fsp3) is 0.483. The molecule has 10 rings (SSSR count). The number of fused-ring (bicyclic) bond motifs is 6. The molecule has 76 heavy (non-hydrogen) atoms. The smallest absolute Gasteiger partial charge is 0.409 e. The Kier molecular flexibility index (Phi) is 16.2. The van der Waals surface area contributed by atoms with Gasteiger partial charge < -0.3 is 48.1 Å². The number of aliphatic carboxylic acids is 2. The molecule has 404 valence electrons. The summed E-state index contributed by atoms with van der Waals surface area (Å²) in [4.78, 5) is 63.4. The minimum atomic E-state index is -1.06. The molecule has 2 atom stereocenters. The molecule has 0 unspecified atom stereocenters. The average Bonchev–Trinajstić information content (AvgIpc) is 4.03. The Bertz CT molecular complexity index is 2970. The number of aromatic nitrogens is 4. The van der Waals surface area contributed by atoms with Gasteiger partial charge in [0, 0.05) is 60.3 Å². The molecule has 2 fully saturated rings. The average molecular weight is 1050 g/mol. The van der Waals surface area contributed by atoms with Gasteiger partial charge in [-0.1, -0.05) is 50.7 Å². The van der Waals surface area contributed by atoms with Gasteiger partial charge in [0.05, 0.1) is 63.6 Å². The lowest BCUT2D eigenvalue weighted by molar-refractivity contribution is -0.140. The van der Waals surface area contributed by atoms with Crippen LogP contribution in [0.15, 0.2) is 48.5 Å². The molecule has 2 saturated carbocycles. The Morgan fingerprint density at radius 3 is 1.32 bits per heavy atom. The summed E-state index contributed by atoms with van der Waals surface area (Å²) in [5.41, 5.74) is 8.85. The number of carboxylic acid groups (broad SMARTS) is 2. The van der Waals surface area contributed by atoms with Gasteiger partial charge in [-0.25, -0.2) is 28.3 Å². The predicted molar refractivity (Wildman–Crippen MR) is 280 cm³/mol. The molecule has 2 N–H and O–H groups in total. The van der Waals surface area contributed by atoms with Crippen molar-refractivity contribution >= 4 is 46.2 Å². The van der Waals surface area contributed by atoms with E-state index < -0.39 is 35.4 Å². The number of ether oxygens (including phenoxy) is 4. The lowest BCUT2D eigenvalue weighted by Gasteiger charge is -2.27. The molecule has 0 radical (unpaired) electrons. The standard InChI is InChI=1S/2C29H34FN3O5/c2*1-17-13-25(37-2)20(14-23(17)30)22(28(34)35)16-33-24-10-9-18-11-12-32(29(36)38-3)15-21(18)26(24)31-27(33)19-7-5-4-6-8-19/h2*9-10,13-14,19,22H,4-8,11-12,15-16H2,1-3H3,(H,34,35)/t2*22-/m10/s1. The van der Waals surface area contributed by atoms with E-state index >= 15 is 0 Å². The van der Waals surface area contributed by atoms with Crippen LogP contribution in [0.5, 0.6) is 11.5 Å². The summed E-state index contributed by atoms with van der Waals surface area (Å²) < 4.78 is 54.2. The van der Waals surface area contributed by atoms with Crippen LogP contribution in [0.3, 0.4) is 0 Å². The zero-order chi connectivity index (χ0) is 53.9. The van der Waals surface area contributed by atoms with Crippen molar-refractivity contribution in [2.45, 2.75) is 141 Å². The molecule has 18 heteroatoms. The third-order valence-corrected chi connectivity index (χ3v) is 16.2. The van der Waals surface area contributed by atoms with Crippen molar-refractivity contribution in [3.05, 3.63) is 116 Å². The molecule has 0 spiro atoms. The minimum Gasteiger partial charge on any atom is -0.496 e. The van der Waals surface area contributed by atoms with E-state index in [-0.39, 0.29) is 37.1 Å². The first kappa shape index (κ1) is 53.6. The van der Waals surface area contributed by atoms with Gasteiger partial charge in [0.1, 0.15) is 46.6 Å². The van der Waals surface area contributed by atoms with E-state index in [0.717, 1.165) is 107 Å². The Morgan fingerprint density at radius 2 is 0.974 bits per heavy atom. The fourth-order valence-electron chi connectivity index (χ4n) is 12.0. The van der Waals surface area contributed by atoms with Crippen molar-refractivity contribution in [1.82, 2.24) is 28.9 Å². The number of amides is 2. The maximum absolute atomic E-state index is 14.6. The van der Waals surface area contributed by atoms with Gasteiger partial charge >= 0.3 is 24.1 Å². The molecular formula is C58H68F2N6O10. The molecule has 2 amide bonds. The zero-order valence-corrected chi connectivity index (χ0v) is 44.3. The summed E-state index contributed by atoms with van der Waals surface area (Å²) in [5, 5.41) is 20.6. The molecule has 0 saturated heterocycles. The number of imidazole rings is 2. The number of halogens is 2. The second-order valence-electron chi connectivity index (χ2n) is 20.7. The van der Waals surface area contributed by atoms with Crippen LogP contribution >= 0.6 is 0 Å². The van der Waals surface area contributed by atoms with E-state index in [2.05, 4.69) is 12.1 Å². The summed E-state index contributed by atoms with van der Waals surface area (Å²) in [6.07, 6.45) is 11.3. The number of carboxylic acids is 2. The normalized spacial score (nSPS) is 16.8. The van der Waals surface area contributed by atoms with Crippen LogP contribution in [0.2, 0.25) is 0 Å². The molecule has 0 bridgehead atoms. The number of benzene rings is 4. The van der Waals surface area contributed by atoms with Crippen LogP contribution < -0.4 is 9.47 Å². The molecule has 16 nitrogen and oxygen atoms in total. The molecule has 4 aromatic carbocycles. The number of rotatable bonds is 12. The Labute approximate surface area is 440 Å². The quantitative estimate of drug-likeness (QED) is 0.118. The number of carbonyl (C=O) groups is 4. The molecular weight excluding hydrogens is 979 g/mol. The maximum Gasteiger partial charge on any atom is 0.409 e. The Hall–Kier alpha value is -7.24. The summed E-state index contributed by atoms with van der Waals surface area (Å²) in [7, 11) is 5.69. The van der Waals surface area contributed by atoms with Gasteiger partial charge in [-0.05, 0) is 111 Å². The zero-order valence-electron chi connectivity index (χ0n) is 44.3. The first-order valence-electron chi connectivity index (χ1n) is 26.5. The van der Waals surface area contributed by atoms with Crippen LogP contribution in [-0.4, -0.2) is 105 Å². The second-order valence-corrected chi connectivity index (χ2v) is 20.7. The third-order valence-electron chi connectivity index (χ3n) is 16.2. The predicted octanol–water partition coefficient (Wildman–Crippen LogP) is 11.1. The van der Waals surface area contributed by atoms with Crippen molar-refractivity contribution in [2.75, 3.05) is 41.5 Å². The highest BCUT2D eigenvalue weighted by Gasteiger charge is 2.35. The molecule has 4 aliphatic rings. The molecule has 2 aromatic heterocycles. The van der Waals surface area contributed by atoms with Crippen LogP contribution in [-0.2, 0) is 58.1 Å². The summed E-state index contributed by atoms with van der Waals surface area (Å²) in [6, 6.07) is 13.8. The largest absolute Gasteiger partial charge is 0.496 e. The number of hydrogen-bond acceptors (Lipinski definition) is 10. The number of hydrogen-bond donors (Lipinski definition) is 2. The van der Waals surface area contributed by atoms with Gasteiger partial charge in [-0.3, -0.25) is 9.59 Å². The lowest BCUT2D eigenvalue weighted by Crippen LogP contribution is -2.35. The van der Waals surface area contributed by atoms with E-state index in [1.165, 1.54) is 53.4 Å².